The normalized spacial score (nSPS) is 12.0. The summed E-state index contributed by atoms with van der Waals surface area (Å²) >= 11 is 0. The van der Waals surface area contributed by atoms with Crippen LogP contribution in [-0.4, -0.2) is 24.5 Å². The number of aliphatic carboxylic acids is 1. The third kappa shape index (κ3) is 4.99. The highest BCUT2D eigenvalue weighted by molar-refractivity contribution is 5.83. The first-order valence-corrected chi connectivity index (χ1v) is 6.10. The van der Waals surface area contributed by atoms with Gasteiger partial charge in [0, 0.05) is 0 Å². The number of carbonyl (C=O) groups excluding carboxylic acids is 2. The van der Waals surface area contributed by atoms with E-state index in [0.717, 1.165) is 5.56 Å². The number of aryl methyl sites for hydroxylation is 1. The number of amides is 1. The molecule has 19 heavy (non-hydrogen) atoms. The molecule has 0 unspecified atom stereocenters. The average Bonchev–Trinajstić information content (AvgIpc) is 2.34. The van der Waals surface area contributed by atoms with Crippen molar-refractivity contribution in [2.45, 2.75) is 26.8 Å². The fourth-order valence-electron chi connectivity index (χ4n) is 1.50. The van der Waals surface area contributed by atoms with Gasteiger partial charge in [-0.2, -0.15) is 0 Å². The van der Waals surface area contributed by atoms with Gasteiger partial charge in [0.25, 0.3) is 5.91 Å². The Kier molecular flexibility index (Phi) is 5.36. The van der Waals surface area contributed by atoms with Crippen molar-refractivity contribution in [2.75, 3.05) is 6.61 Å². The maximum Gasteiger partial charge on any atom is 0.258 e. The lowest BCUT2D eigenvalue weighted by molar-refractivity contribution is -0.309. The van der Waals surface area contributed by atoms with Crippen molar-refractivity contribution in [3.63, 3.8) is 0 Å². The van der Waals surface area contributed by atoms with Crippen molar-refractivity contribution >= 4 is 11.9 Å². The first kappa shape index (κ1) is 15.0. The van der Waals surface area contributed by atoms with Crippen LogP contribution in [-0.2, 0) is 9.59 Å². The molecule has 1 rings (SSSR count). The molecule has 1 aromatic carbocycles. The maximum atomic E-state index is 11.6. The van der Waals surface area contributed by atoms with Crippen LogP contribution >= 0.6 is 0 Å². The van der Waals surface area contributed by atoms with Crippen LogP contribution in [0.25, 0.3) is 0 Å². The highest BCUT2D eigenvalue weighted by Crippen LogP contribution is 2.11. The monoisotopic (exact) mass is 264 g/mol. The summed E-state index contributed by atoms with van der Waals surface area (Å²) in [6.45, 7) is 5.12. The maximum absolute atomic E-state index is 11.6. The first-order valence-electron chi connectivity index (χ1n) is 6.10. The second-order valence-corrected chi connectivity index (χ2v) is 4.71. The Morgan fingerprint density at radius 1 is 1.26 bits per heavy atom. The largest absolute Gasteiger partial charge is 0.548 e. The molecule has 1 aromatic rings. The summed E-state index contributed by atoms with van der Waals surface area (Å²) in [6.07, 6.45) is 0. The molecule has 1 amide bonds. The van der Waals surface area contributed by atoms with Crippen molar-refractivity contribution in [2.24, 2.45) is 5.92 Å². The van der Waals surface area contributed by atoms with Crippen LogP contribution in [0.1, 0.15) is 19.4 Å². The number of ether oxygens (including phenoxy) is 1. The molecule has 1 atom stereocenters. The summed E-state index contributed by atoms with van der Waals surface area (Å²) in [4.78, 5) is 22.4. The molecule has 5 nitrogen and oxygen atoms in total. The Hall–Kier alpha value is -2.04. The topological polar surface area (TPSA) is 78.5 Å². The van der Waals surface area contributed by atoms with E-state index in [9.17, 15) is 14.7 Å². The van der Waals surface area contributed by atoms with Gasteiger partial charge in [-0.05, 0) is 25.0 Å². The highest BCUT2D eigenvalue weighted by Gasteiger charge is 2.17. The van der Waals surface area contributed by atoms with Gasteiger partial charge in [0.2, 0.25) is 0 Å². The molecule has 0 heterocycles. The Balaban J connectivity index is 2.47. The van der Waals surface area contributed by atoms with E-state index >= 15 is 0 Å². The lowest BCUT2D eigenvalue weighted by atomic mass is 10.1. The lowest BCUT2D eigenvalue weighted by Crippen LogP contribution is -2.51. The quantitative estimate of drug-likeness (QED) is 0.799. The molecule has 0 aliphatic heterocycles. The minimum atomic E-state index is -1.29. The smallest absolute Gasteiger partial charge is 0.258 e. The third-order valence-corrected chi connectivity index (χ3v) is 2.63. The average molecular weight is 264 g/mol. The van der Waals surface area contributed by atoms with Gasteiger partial charge >= 0.3 is 0 Å². The van der Waals surface area contributed by atoms with E-state index < -0.39 is 17.9 Å². The molecule has 0 spiro atoms. The predicted molar refractivity (Wildman–Crippen MR) is 68.4 cm³/mol. The van der Waals surface area contributed by atoms with Crippen molar-refractivity contribution in [3.05, 3.63) is 29.8 Å². The lowest BCUT2D eigenvalue weighted by Gasteiger charge is -2.23. The number of carbonyl (C=O) groups is 2. The van der Waals surface area contributed by atoms with Crippen LogP contribution in [0.3, 0.4) is 0 Å². The number of benzene rings is 1. The Morgan fingerprint density at radius 2 is 1.84 bits per heavy atom. The molecular formula is C14H18NO4-. The molecule has 5 heteroatoms. The predicted octanol–water partition coefficient (Wildman–Crippen LogP) is 0.265. The summed E-state index contributed by atoms with van der Waals surface area (Å²) < 4.78 is 5.26. The van der Waals surface area contributed by atoms with E-state index in [1.54, 1.807) is 26.0 Å². The Morgan fingerprint density at radius 3 is 2.32 bits per heavy atom. The second-order valence-electron chi connectivity index (χ2n) is 4.71. The van der Waals surface area contributed by atoms with Crippen LogP contribution in [0, 0.1) is 12.8 Å². The number of hydrogen-bond donors (Lipinski definition) is 1. The summed E-state index contributed by atoms with van der Waals surface area (Å²) in [6, 6.07) is 6.23. The standard InChI is InChI=1S/C14H19NO4/c1-9(2)13(14(17)18)15-12(16)8-19-11-6-4-10(3)5-7-11/h4-7,9,13H,8H2,1-3H3,(H,15,16)(H,17,18)/p-1/t13-/m0/s1. The van der Waals surface area contributed by atoms with Crippen LogP contribution in [0.5, 0.6) is 5.75 Å². The molecule has 104 valence electrons. The van der Waals surface area contributed by atoms with Crippen molar-refractivity contribution < 1.29 is 19.4 Å². The minimum absolute atomic E-state index is 0.223. The molecule has 1 N–H and O–H groups in total. The van der Waals surface area contributed by atoms with Gasteiger partial charge in [0.15, 0.2) is 6.61 Å². The zero-order valence-corrected chi connectivity index (χ0v) is 11.3. The molecule has 0 aliphatic carbocycles. The third-order valence-electron chi connectivity index (χ3n) is 2.63. The second kappa shape index (κ2) is 6.78. The molecule has 0 aromatic heterocycles. The van der Waals surface area contributed by atoms with Gasteiger partial charge in [-0.1, -0.05) is 31.5 Å². The van der Waals surface area contributed by atoms with E-state index in [1.165, 1.54) is 0 Å². The Bertz CT molecular complexity index is 439. The van der Waals surface area contributed by atoms with Crippen LogP contribution in [0.4, 0.5) is 0 Å². The number of carboxylic acid groups (broad SMARTS) is 1. The van der Waals surface area contributed by atoms with Crippen LogP contribution in [0.15, 0.2) is 24.3 Å². The molecular weight excluding hydrogens is 246 g/mol. The summed E-state index contributed by atoms with van der Waals surface area (Å²) in [5.41, 5.74) is 1.09. The van der Waals surface area contributed by atoms with Crippen LogP contribution in [0.2, 0.25) is 0 Å². The fourth-order valence-corrected chi connectivity index (χ4v) is 1.50. The van der Waals surface area contributed by atoms with Crippen molar-refractivity contribution in [1.82, 2.24) is 5.32 Å². The summed E-state index contributed by atoms with van der Waals surface area (Å²) in [5.74, 6) is -1.45. The molecule has 0 radical (unpaired) electrons. The highest BCUT2D eigenvalue weighted by atomic mass is 16.5. The van der Waals surface area contributed by atoms with E-state index in [0.29, 0.717) is 5.75 Å². The molecule has 0 fully saturated rings. The number of rotatable bonds is 6. The number of hydrogen-bond acceptors (Lipinski definition) is 4. The number of carboxylic acids is 1. The van der Waals surface area contributed by atoms with Gasteiger partial charge in [-0.25, -0.2) is 0 Å². The zero-order chi connectivity index (χ0) is 14.4. The molecule has 0 aliphatic rings. The SMILES string of the molecule is Cc1ccc(OCC(=O)N[C@H](C(=O)[O-])C(C)C)cc1. The van der Waals surface area contributed by atoms with E-state index in [2.05, 4.69) is 5.32 Å². The van der Waals surface area contributed by atoms with E-state index in [4.69, 9.17) is 4.74 Å². The van der Waals surface area contributed by atoms with Crippen LogP contribution < -0.4 is 15.2 Å². The van der Waals surface area contributed by atoms with Gasteiger partial charge in [-0.3, -0.25) is 4.79 Å². The van der Waals surface area contributed by atoms with Crippen molar-refractivity contribution in [3.8, 4) is 5.75 Å². The fraction of sp³-hybridized carbons (Fsp3) is 0.429. The Labute approximate surface area is 112 Å². The van der Waals surface area contributed by atoms with Gasteiger partial charge in [0.1, 0.15) is 5.75 Å². The van der Waals surface area contributed by atoms with Gasteiger partial charge < -0.3 is 20.0 Å². The molecule has 0 saturated carbocycles. The van der Waals surface area contributed by atoms with E-state index in [-0.39, 0.29) is 12.5 Å². The zero-order valence-electron chi connectivity index (χ0n) is 11.3. The molecule has 0 bridgehead atoms. The minimum Gasteiger partial charge on any atom is -0.548 e. The van der Waals surface area contributed by atoms with Gasteiger partial charge in [-0.15, -0.1) is 0 Å². The number of nitrogens with one attached hydrogen (secondary N) is 1. The van der Waals surface area contributed by atoms with Gasteiger partial charge in [0.05, 0.1) is 12.0 Å². The van der Waals surface area contributed by atoms with E-state index in [1.807, 2.05) is 19.1 Å². The summed E-state index contributed by atoms with van der Waals surface area (Å²) in [5, 5.41) is 13.2. The summed E-state index contributed by atoms with van der Waals surface area (Å²) in [7, 11) is 0. The first-order chi connectivity index (χ1) is 8.90. The molecule has 0 saturated heterocycles. The van der Waals surface area contributed by atoms with Crippen molar-refractivity contribution in [1.29, 1.82) is 0 Å².